The number of rotatable bonds is 8. The minimum absolute atomic E-state index is 0.0232. The lowest BCUT2D eigenvalue weighted by Crippen LogP contribution is -2.55. The van der Waals surface area contributed by atoms with Gasteiger partial charge in [0, 0.05) is 43.0 Å². The Labute approximate surface area is 188 Å². The zero-order chi connectivity index (χ0) is 22.2. The number of hydrogen-bond donors (Lipinski definition) is 1. The Balaban J connectivity index is 1.60. The third-order valence-corrected chi connectivity index (χ3v) is 6.12. The quantitative estimate of drug-likeness (QED) is 0.640. The maximum atomic E-state index is 13.2. The molecule has 0 radical (unpaired) electrons. The number of nitrogens with one attached hydrogen (secondary N) is 1. The summed E-state index contributed by atoms with van der Waals surface area (Å²) in [7, 11) is 0. The average Bonchev–Trinajstić information content (AvgIpc) is 2.82. The van der Waals surface area contributed by atoms with Crippen LogP contribution in [0.1, 0.15) is 34.1 Å². The first-order chi connectivity index (χ1) is 15.0. The van der Waals surface area contributed by atoms with Crippen LogP contribution in [0.15, 0.2) is 54.6 Å². The molecule has 0 aromatic heterocycles. The van der Waals surface area contributed by atoms with Crippen LogP contribution in [0.4, 0.5) is 5.69 Å². The molecule has 2 aromatic rings. The fraction of sp³-hybridized carbons (Fsp3) is 0.375. The number of amides is 2. The van der Waals surface area contributed by atoms with Gasteiger partial charge in [0.15, 0.2) is 5.78 Å². The number of hydrogen-bond acceptors (Lipinski definition) is 5. The Bertz CT molecular complexity index is 894. The summed E-state index contributed by atoms with van der Waals surface area (Å²) in [4.78, 5) is 41.3. The van der Waals surface area contributed by atoms with Crippen LogP contribution in [0.2, 0.25) is 0 Å². The summed E-state index contributed by atoms with van der Waals surface area (Å²) in [6.45, 7) is 4.19. The summed E-state index contributed by atoms with van der Waals surface area (Å²) >= 11 is 1.66. The van der Waals surface area contributed by atoms with Crippen molar-refractivity contribution in [3.8, 4) is 0 Å². The Morgan fingerprint density at radius 1 is 0.935 bits per heavy atom. The second-order valence-electron chi connectivity index (χ2n) is 7.59. The third-order valence-electron chi connectivity index (χ3n) is 5.48. The van der Waals surface area contributed by atoms with E-state index in [1.807, 2.05) is 53.6 Å². The molecule has 1 heterocycles. The molecule has 3 rings (SSSR count). The van der Waals surface area contributed by atoms with Crippen LogP contribution < -0.4 is 10.2 Å². The molecular weight excluding hydrogens is 410 g/mol. The van der Waals surface area contributed by atoms with Gasteiger partial charge in [-0.05, 0) is 61.8 Å². The van der Waals surface area contributed by atoms with Gasteiger partial charge in [-0.1, -0.05) is 18.2 Å². The van der Waals surface area contributed by atoms with E-state index in [0.29, 0.717) is 43.7 Å². The summed E-state index contributed by atoms with van der Waals surface area (Å²) in [6.07, 6.45) is 2.60. The zero-order valence-electron chi connectivity index (χ0n) is 18.0. The van der Waals surface area contributed by atoms with Gasteiger partial charge in [0.2, 0.25) is 5.91 Å². The van der Waals surface area contributed by atoms with Gasteiger partial charge in [-0.25, -0.2) is 0 Å². The summed E-state index contributed by atoms with van der Waals surface area (Å²) in [5.74, 6) is 0.610. The van der Waals surface area contributed by atoms with Crippen molar-refractivity contribution in [3.05, 3.63) is 65.7 Å². The zero-order valence-corrected chi connectivity index (χ0v) is 18.9. The number of carbonyl (C=O) groups excluding carboxylic acids is 3. The van der Waals surface area contributed by atoms with Crippen molar-refractivity contribution in [3.63, 3.8) is 0 Å². The van der Waals surface area contributed by atoms with Crippen LogP contribution >= 0.6 is 11.8 Å². The number of anilines is 1. The van der Waals surface area contributed by atoms with Crippen LogP contribution in [-0.2, 0) is 4.79 Å². The standard InChI is InChI=1S/C24H29N3O3S/c1-18(28)19-8-10-21(11-9-19)26-13-15-27(16-14-26)24(30)22(12-17-31-2)25-23(29)20-6-4-3-5-7-20/h3-11,22H,12-17H2,1-2H3,(H,25,29). The van der Waals surface area contributed by atoms with Crippen molar-refractivity contribution in [1.29, 1.82) is 0 Å². The van der Waals surface area contributed by atoms with Crippen LogP contribution in [0.3, 0.4) is 0 Å². The molecule has 1 N–H and O–H groups in total. The van der Waals surface area contributed by atoms with Gasteiger partial charge >= 0.3 is 0 Å². The molecule has 1 saturated heterocycles. The van der Waals surface area contributed by atoms with E-state index in [1.165, 1.54) is 0 Å². The number of carbonyl (C=O) groups is 3. The normalized spacial score (nSPS) is 14.8. The van der Waals surface area contributed by atoms with Gasteiger partial charge in [-0.3, -0.25) is 14.4 Å². The number of benzene rings is 2. The summed E-state index contributed by atoms with van der Waals surface area (Å²) in [5.41, 5.74) is 2.31. The smallest absolute Gasteiger partial charge is 0.251 e. The topological polar surface area (TPSA) is 69.7 Å². The van der Waals surface area contributed by atoms with Crippen molar-refractivity contribution in [2.75, 3.05) is 43.1 Å². The van der Waals surface area contributed by atoms with Gasteiger partial charge < -0.3 is 15.1 Å². The van der Waals surface area contributed by atoms with Crippen LogP contribution in [0, 0.1) is 0 Å². The lowest BCUT2D eigenvalue weighted by Gasteiger charge is -2.37. The molecule has 0 saturated carbocycles. The SMILES string of the molecule is CSCCC(NC(=O)c1ccccc1)C(=O)N1CCN(c2ccc(C(C)=O)cc2)CC1. The van der Waals surface area contributed by atoms with E-state index in [9.17, 15) is 14.4 Å². The summed E-state index contributed by atoms with van der Waals surface area (Å²) in [6, 6.07) is 16.1. The number of nitrogens with zero attached hydrogens (tertiary/aromatic N) is 2. The molecule has 0 aliphatic carbocycles. The summed E-state index contributed by atoms with van der Waals surface area (Å²) in [5, 5.41) is 2.94. The molecule has 1 aliphatic rings. The van der Waals surface area contributed by atoms with Crippen molar-refractivity contribution in [2.45, 2.75) is 19.4 Å². The molecule has 1 aliphatic heterocycles. The molecule has 2 amide bonds. The second kappa shape index (κ2) is 11.0. The highest BCUT2D eigenvalue weighted by Gasteiger charge is 2.28. The molecule has 1 unspecified atom stereocenters. The first-order valence-electron chi connectivity index (χ1n) is 10.5. The number of Topliss-reactive ketones (excluding diaryl/α,β-unsaturated/α-hetero) is 1. The van der Waals surface area contributed by atoms with Crippen LogP contribution in [0.5, 0.6) is 0 Å². The fourth-order valence-corrected chi connectivity index (χ4v) is 4.11. The van der Waals surface area contributed by atoms with E-state index in [1.54, 1.807) is 30.8 Å². The van der Waals surface area contributed by atoms with Crippen molar-refractivity contribution in [1.82, 2.24) is 10.2 Å². The van der Waals surface area contributed by atoms with Crippen LogP contribution in [0.25, 0.3) is 0 Å². The van der Waals surface area contributed by atoms with Crippen LogP contribution in [-0.4, -0.2) is 66.7 Å². The highest BCUT2D eigenvalue weighted by molar-refractivity contribution is 7.98. The van der Waals surface area contributed by atoms with Gasteiger partial charge in [-0.2, -0.15) is 11.8 Å². The lowest BCUT2D eigenvalue weighted by atomic mass is 10.1. The average molecular weight is 440 g/mol. The maximum absolute atomic E-state index is 13.2. The Morgan fingerprint density at radius 2 is 1.58 bits per heavy atom. The van der Waals surface area contributed by atoms with E-state index in [4.69, 9.17) is 0 Å². The van der Waals surface area contributed by atoms with Gasteiger partial charge in [0.1, 0.15) is 6.04 Å². The molecule has 2 aromatic carbocycles. The van der Waals surface area contributed by atoms with Gasteiger partial charge in [0.25, 0.3) is 5.91 Å². The van der Waals surface area contributed by atoms with E-state index in [0.717, 1.165) is 11.4 Å². The van der Waals surface area contributed by atoms with E-state index in [2.05, 4.69) is 10.2 Å². The molecule has 0 bridgehead atoms. The molecule has 0 spiro atoms. The Morgan fingerprint density at radius 3 is 2.16 bits per heavy atom. The van der Waals surface area contributed by atoms with Gasteiger partial charge in [0.05, 0.1) is 0 Å². The summed E-state index contributed by atoms with van der Waals surface area (Å²) < 4.78 is 0. The van der Waals surface area contributed by atoms with E-state index >= 15 is 0 Å². The molecule has 1 atom stereocenters. The minimum Gasteiger partial charge on any atom is -0.368 e. The molecule has 6 nitrogen and oxygen atoms in total. The van der Waals surface area contributed by atoms with Crippen molar-refractivity contribution < 1.29 is 14.4 Å². The fourth-order valence-electron chi connectivity index (χ4n) is 3.64. The third kappa shape index (κ3) is 6.10. The van der Waals surface area contributed by atoms with Crippen molar-refractivity contribution in [2.24, 2.45) is 0 Å². The molecule has 1 fully saturated rings. The minimum atomic E-state index is -0.526. The Kier molecular flexibility index (Phi) is 8.12. The monoisotopic (exact) mass is 439 g/mol. The highest BCUT2D eigenvalue weighted by atomic mass is 32.2. The van der Waals surface area contributed by atoms with E-state index < -0.39 is 6.04 Å². The maximum Gasteiger partial charge on any atom is 0.251 e. The van der Waals surface area contributed by atoms with Crippen molar-refractivity contribution >= 4 is 35.0 Å². The first kappa shape index (κ1) is 22.9. The second-order valence-corrected chi connectivity index (χ2v) is 8.57. The molecule has 164 valence electrons. The van der Waals surface area contributed by atoms with Gasteiger partial charge in [-0.15, -0.1) is 0 Å². The van der Waals surface area contributed by atoms with E-state index in [-0.39, 0.29) is 17.6 Å². The number of ketones is 1. The molecule has 7 heteroatoms. The predicted molar refractivity (Wildman–Crippen MR) is 126 cm³/mol. The molecular formula is C24H29N3O3S. The largest absolute Gasteiger partial charge is 0.368 e. The lowest BCUT2D eigenvalue weighted by molar-refractivity contribution is -0.133. The highest BCUT2D eigenvalue weighted by Crippen LogP contribution is 2.18. The first-order valence-corrected chi connectivity index (χ1v) is 11.9. The predicted octanol–water partition coefficient (Wildman–Crippen LogP) is 3.09. The number of thioether (sulfide) groups is 1. The Hall–Kier alpha value is -2.80. The number of piperazine rings is 1. The molecule has 31 heavy (non-hydrogen) atoms.